The average Bonchev–Trinajstić information content (AvgIpc) is 2.85. The Labute approximate surface area is 110 Å². The van der Waals surface area contributed by atoms with Crippen molar-refractivity contribution in [2.45, 2.75) is 6.54 Å². The summed E-state index contributed by atoms with van der Waals surface area (Å²) in [7, 11) is 0. The summed E-state index contributed by atoms with van der Waals surface area (Å²) in [5.41, 5.74) is 8.85. The number of hydrogen-bond donors (Lipinski definition) is 2. The van der Waals surface area contributed by atoms with E-state index in [0.717, 1.165) is 17.9 Å². The Hall–Kier alpha value is -2.00. The summed E-state index contributed by atoms with van der Waals surface area (Å²) in [5, 5.41) is 6.84. The Balaban J connectivity index is 1.74. The molecule has 3 N–H and O–H groups in total. The molecule has 0 aliphatic heterocycles. The second-order valence-electron chi connectivity index (χ2n) is 4.27. The molecule has 1 aromatic heterocycles. The lowest BCUT2D eigenvalue weighted by Crippen LogP contribution is -1.99. The number of thiophene rings is 1. The third-order valence-corrected chi connectivity index (χ3v) is 3.83. The lowest BCUT2D eigenvalue weighted by atomic mass is 10.2. The van der Waals surface area contributed by atoms with E-state index in [1.807, 2.05) is 24.3 Å². The standard InChI is InChI=1S/C15H14N2S/c16-13-3-1-11(2-4-13)10-17-14-5-6-15-12(9-14)7-8-18-15/h1-9,17H,10,16H2. The SMILES string of the molecule is Nc1ccc(CNc2ccc3sccc3c2)cc1. The fourth-order valence-corrected chi connectivity index (χ4v) is 2.69. The monoisotopic (exact) mass is 254 g/mol. The molecule has 0 unspecified atom stereocenters. The van der Waals surface area contributed by atoms with Crippen LogP contribution in [-0.2, 0) is 6.54 Å². The average molecular weight is 254 g/mol. The molecule has 3 aromatic rings. The summed E-state index contributed by atoms with van der Waals surface area (Å²) in [6.07, 6.45) is 0. The predicted octanol–water partition coefficient (Wildman–Crippen LogP) is 4.10. The fourth-order valence-electron chi connectivity index (χ4n) is 1.92. The first kappa shape index (κ1) is 11.1. The number of anilines is 2. The molecule has 0 amide bonds. The van der Waals surface area contributed by atoms with Crippen LogP contribution in [0.2, 0.25) is 0 Å². The molecule has 0 spiro atoms. The van der Waals surface area contributed by atoms with Crippen molar-refractivity contribution in [1.29, 1.82) is 0 Å². The molecule has 0 aliphatic carbocycles. The Bertz CT molecular complexity index is 656. The van der Waals surface area contributed by atoms with Crippen LogP contribution in [0.4, 0.5) is 11.4 Å². The third kappa shape index (κ3) is 2.31. The van der Waals surface area contributed by atoms with Crippen molar-refractivity contribution in [2.24, 2.45) is 0 Å². The van der Waals surface area contributed by atoms with Gasteiger partial charge in [0.1, 0.15) is 0 Å². The van der Waals surface area contributed by atoms with Crippen molar-refractivity contribution < 1.29 is 0 Å². The minimum absolute atomic E-state index is 0.804. The van der Waals surface area contributed by atoms with Gasteiger partial charge in [0.05, 0.1) is 0 Å². The van der Waals surface area contributed by atoms with Gasteiger partial charge in [0.15, 0.2) is 0 Å². The summed E-state index contributed by atoms with van der Waals surface area (Å²) in [6, 6.07) is 16.6. The summed E-state index contributed by atoms with van der Waals surface area (Å²) in [6.45, 7) is 0.815. The molecule has 1 heterocycles. The van der Waals surface area contributed by atoms with E-state index >= 15 is 0 Å². The van der Waals surface area contributed by atoms with Crippen LogP contribution in [0, 0.1) is 0 Å². The molecule has 18 heavy (non-hydrogen) atoms. The van der Waals surface area contributed by atoms with Crippen molar-refractivity contribution in [1.82, 2.24) is 0 Å². The molecule has 0 atom stereocenters. The first-order valence-electron chi connectivity index (χ1n) is 5.87. The molecule has 3 rings (SSSR count). The van der Waals surface area contributed by atoms with Gasteiger partial charge in [-0.2, -0.15) is 0 Å². The van der Waals surface area contributed by atoms with Gasteiger partial charge in [0.25, 0.3) is 0 Å². The van der Waals surface area contributed by atoms with Crippen LogP contribution in [-0.4, -0.2) is 0 Å². The van der Waals surface area contributed by atoms with E-state index in [4.69, 9.17) is 5.73 Å². The van der Waals surface area contributed by atoms with Crippen molar-refractivity contribution in [3.63, 3.8) is 0 Å². The van der Waals surface area contributed by atoms with E-state index in [9.17, 15) is 0 Å². The van der Waals surface area contributed by atoms with Gasteiger partial charge in [0, 0.05) is 22.6 Å². The van der Waals surface area contributed by atoms with Crippen LogP contribution >= 0.6 is 11.3 Å². The molecular formula is C15H14N2S. The second-order valence-corrected chi connectivity index (χ2v) is 5.22. The van der Waals surface area contributed by atoms with Crippen molar-refractivity contribution in [3.8, 4) is 0 Å². The van der Waals surface area contributed by atoms with Crippen molar-refractivity contribution in [3.05, 3.63) is 59.5 Å². The zero-order chi connectivity index (χ0) is 12.4. The van der Waals surface area contributed by atoms with E-state index < -0.39 is 0 Å². The number of fused-ring (bicyclic) bond motifs is 1. The van der Waals surface area contributed by atoms with Crippen molar-refractivity contribution >= 4 is 32.8 Å². The highest BCUT2D eigenvalue weighted by molar-refractivity contribution is 7.17. The number of rotatable bonds is 3. The quantitative estimate of drug-likeness (QED) is 0.691. The molecule has 0 bridgehead atoms. The molecule has 90 valence electrons. The first-order chi connectivity index (χ1) is 8.81. The second kappa shape index (κ2) is 4.70. The maximum Gasteiger partial charge on any atom is 0.0400 e. The molecule has 3 heteroatoms. The van der Waals surface area contributed by atoms with Crippen LogP contribution in [0.15, 0.2) is 53.9 Å². The number of nitrogens with two attached hydrogens (primary N) is 1. The minimum atomic E-state index is 0.804. The fraction of sp³-hybridized carbons (Fsp3) is 0.0667. The zero-order valence-corrected chi connectivity index (χ0v) is 10.7. The van der Waals surface area contributed by atoms with Gasteiger partial charge in [0.2, 0.25) is 0 Å². The van der Waals surface area contributed by atoms with E-state index in [0.29, 0.717) is 0 Å². The van der Waals surface area contributed by atoms with Crippen LogP contribution in [0.5, 0.6) is 0 Å². The molecule has 0 saturated heterocycles. The van der Waals surface area contributed by atoms with Gasteiger partial charge in [-0.15, -0.1) is 11.3 Å². The summed E-state index contributed by atoms with van der Waals surface area (Å²) >= 11 is 1.77. The Morgan fingerprint density at radius 2 is 1.83 bits per heavy atom. The topological polar surface area (TPSA) is 38.0 Å². The molecular weight excluding hydrogens is 240 g/mol. The van der Waals surface area contributed by atoms with Crippen molar-refractivity contribution in [2.75, 3.05) is 11.1 Å². The van der Waals surface area contributed by atoms with Gasteiger partial charge in [-0.25, -0.2) is 0 Å². The minimum Gasteiger partial charge on any atom is -0.399 e. The number of hydrogen-bond acceptors (Lipinski definition) is 3. The van der Waals surface area contributed by atoms with Gasteiger partial charge in [-0.1, -0.05) is 12.1 Å². The number of benzene rings is 2. The highest BCUT2D eigenvalue weighted by Crippen LogP contribution is 2.24. The van der Waals surface area contributed by atoms with Crippen LogP contribution < -0.4 is 11.1 Å². The van der Waals surface area contributed by atoms with Crippen LogP contribution in [0.1, 0.15) is 5.56 Å². The molecule has 0 fully saturated rings. The maximum absolute atomic E-state index is 5.67. The van der Waals surface area contributed by atoms with Gasteiger partial charge in [-0.3, -0.25) is 0 Å². The summed E-state index contributed by atoms with van der Waals surface area (Å²) in [5.74, 6) is 0. The van der Waals surface area contributed by atoms with Gasteiger partial charge in [-0.05, 0) is 52.7 Å². The lowest BCUT2D eigenvalue weighted by Gasteiger charge is -2.07. The Morgan fingerprint density at radius 1 is 1.00 bits per heavy atom. The van der Waals surface area contributed by atoms with E-state index in [2.05, 4.69) is 35.0 Å². The Morgan fingerprint density at radius 3 is 2.67 bits per heavy atom. The number of nitrogens with one attached hydrogen (secondary N) is 1. The molecule has 2 aromatic carbocycles. The molecule has 0 aliphatic rings. The largest absolute Gasteiger partial charge is 0.399 e. The zero-order valence-electron chi connectivity index (χ0n) is 9.89. The number of nitrogen functional groups attached to an aromatic ring is 1. The molecule has 0 saturated carbocycles. The normalized spacial score (nSPS) is 10.7. The third-order valence-electron chi connectivity index (χ3n) is 2.93. The lowest BCUT2D eigenvalue weighted by molar-refractivity contribution is 1.15. The highest BCUT2D eigenvalue weighted by Gasteiger charge is 1.98. The Kier molecular flexibility index (Phi) is 2.90. The smallest absolute Gasteiger partial charge is 0.0400 e. The summed E-state index contributed by atoms with van der Waals surface area (Å²) in [4.78, 5) is 0. The maximum atomic E-state index is 5.67. The van der Waals surface area contributed by atoms with Gasteiger partial charge >= 0.3 is 0 Å². The molecule has 2 nitrogen and oxygen atoms in total. The first-order valence-corrected chi connectivity index (χ1v) is 6.75. The molecule has 0 radical (unpaired) electrons. The summed E-state index contributed by atoms with van der Waals surface area (Å²) < 4.78 is 1.33. The van der Waals surface area contributed by atoms with Crippen LogP contribution in [0.3, 0.4) is 0 Å². The van der Waals surface area contributed by atoms with E-state index in [-0.39, 0.29) is 0 Å². The van der Waals surface area contributed by atoms with Crippen LogP contribution in [0.25, 0.3) is 10.1 Å². The van der Waals surface area contributed by atoms with Gasteiger partial charge < -0.3 is 11.1 Å². The van der Waals surface area contributed by atoms with E-state index in [1.165, 1.54) is 15.6 Å². The highest BCUT2D eigenvalue weighted by atomic mass is 32.1. The van der Waals surface area contributed by atoms with E-state index in [1.54, 1.807) is 11.3 Å². The predicted molar refractivity (Wildman–Crippen MR) is 80.0 cm³/mol.